The van der Waals surface area contributed by atoms with E-state index in [1.807, 2.05) is 0 Å². The van der Waals surface area contributed by atoms with Gasteiger partial charge in [-0.2, -0.15) is 0 Å². The van der Waals surface area contributed by atoms with Crippen LogP contribution in [0.3, 0.4) is 0 Å². The van der Waals surface area contributed by atoms with Gasteiger partial charge in [0.2, 0.25) is 0 Å². The number of halogens is 3. The summed E-state index contributed by atoms with van der Waals surface area (Å²) in [6.45, 7) is 0. The summed E-state index contributed by atoms with van der Waals surface area (Å²) in [5.74, 6) is 3.50. The van der Waals surface area contributed by atoms with E-state index in [9.17, 15) is 4.39 Å². The van der Waals surface area contributed by atoms with Crippen molar-refractivity contribution in [1.29, 1.82) is 5.41 Å². The first kappa shape index (κ1) is 14.3. The minimum atomic E-state index is -0.816. The average molecular weight is 313 g/mol. The van der Waals surface area contributed by atoms with Gasteiger partial charge in [0.1, 0.15) is 17.7 Å². The van der Waals surface area contributed by atoms with Crippen LogP contribution in [0.5, 0.6) is 0 Å². The topological polar surface area (TPSA) is 100 Å². The molecule has 9 heteroatoms. The first-order valence-electron chi connectivity index (χ1n) is 5.20. The summed E-state index contributed by atoms with van der Waals surface area (Å²) in [5, 5.41) is 14.2. The highest BCUT2D eigenvalue weighted by Crippen LogP contribution is 2.29. The maximum Gasteiger partial charge on any atom is 0.197 e. The van der Waals surface area contributed by atoms with Crippen LogP contribution in [0.25, 0.3) is 11.3 Å². The molecule has 2 aromatic rings. The van der Waals surface area contributed by atoms with Crippen LogP contribution in [0, 0.1) is 11.2 Å². The van der Waals surface area contributed by atoms with Crippen molar-refractivity contribution in [2.24, 2.45) is 16.2 Å². The molecule has 102 valence electrons. The lowest BCUT2D eigenvalue weighted by Crippen LogP contribution is -2.06. The highest BCUT2D eigenvalue weighted by Gasteiger charge is 2.17. The maximum absolute atomic E-state index is 14.3. The van der Waals surface area contributed by atoms with E-state index < -0.39 is 11.7 Å². The third-order valence-electron chi connectivity index (χ3n) is 2.36. The molecule has 0 spiro atoms. The minimum Gasteiger partial charge on any atom is -0.305 e. The summed E-state index contributed by atoms with van der Waals surface area (Å²) in [5.41, 5.74) is 0.0684. The van der Waals surface area contributed by atoms with Crippen molar-refractivity contribution in [3.8, 4) is 11.3 Å². The molecule has 0 radical (unpaired) electrons. The van der Waals surface area contributed by atoms with Crippen LogP contribution >= 0.6 is 23.2 Å². The van der Waals surface area contributed by atoms with Crippen molar-refractivity contribution in [2.45, 2.75) is 0 Å². The van der Waals surface area contributed by atoms with Gasteiger partial charge in [-0.3, -0.25) is 5.41 Å². The number of nitrogens with two attached hydrogens (primary N) is 1. The van der Waals surface area contributed by atoms with Crippen molar-refractivity contribution < 1.29 is 4.39 Å². The van der Waals surface area contributed by atoms with Gasteiger partial charge in [0.15, 0.2) is 11.7 Å². The van der Waals surface area contributed by atoms with Crippen LogP contribution in [0.2, 0.25) is 10.0 Å². The third-order valence-corrected chi connectivity index (χ3v) is 3.10. The Balaban J connectivity index is 2.55. The van der Waals surface area contributed by atoms with Crippen LogP contribution in [0.4, 0.5) is 4.39 Å². The fraction of sp³-hybridized carbons (Fsp3) is 0. The van der Waals surface area contributed by atoms with Crippen molar-refractivity contribution in [2.75, 3.05) is 0 Å². The van der Waals surface area contributed by atoms with E-state index in [2.05, 4.69) is 20.3 Å². The molecule has 0 aliphatic rings. The molecule has 1 aromatic carbocycles. The van der Waals surface area contributed by atoms with Gasteiger partial charge in [0, 0.05) is 5.56 Å². The molecule has 0 unspecified atom stereocenters. The highest BCUT2D eigenvalue weighted by molar-refractivity contribution is 6.42. The number of nitrogens with zero attached hydrogens (tertiary/aromatic N) is 4. The summed E-state index contributed by atoms with van der Waals surface area (Å²) >= 11 is 11.7. The maximum atomic E-state index is 14.3. The molecule has 0 atom stereocenters. The first-order valence-corrected chi connectivity index (χ1v) is 5.96. The molecule has 0 amide bonds. The third kappa shape index (κ3) is 2.73. The second kappa shape index (κ2) is 5.89. The molecule has 2 rings (SSSR count). The molecule has 0 saturated carbocycles. The van der Waals surface area contributed by atoms with Gasteiger partial charge in [-0.1, -0.05) is 34.5 Å². The average Bonchev–Trinajstić information content (AvgIpc) is 2.42. The van der Waals surface area contributed by atoms with E-state index >= 15 is 0 Å². The van der Waals surface area contributed by atoms with E-state index in [0.717, 1.165) is 6.33 Å². The van der Waals surface area contributed by atoms with Crippen molar-refractivity contribution in [3.05, 3.63) is 46.1 Å². The van der Waals surface area contributed by atoms with Gasteiger partial charge < -0.3 is 5.84 Å². The number of hydrogen-bond acceptors (Lipinski definition) is 4. The van der Waals surface area contributed by atoms with E-state index in [-0.39, 0.29) is 16.4 Å². The monoisotopic (exact) mass is 312 g/mol. The largest absolute Gasteiger partial charge is 0.305 e. The zero-order valence-corrected chi connectivity index (χ0v) is 11.3. The molecular formula is C11H7Cl2FN6. The van der Waals surface area contributed by atoms with Crippen LogP contribution < -0.4 is 5.84 Å². The van der Waals surface area contributed by atoms with Crippen LogP contribution in [0.15, 0.2) is 34.9 Å². The molecule has 1 aromatic heterocycles. The van der Waals surface area contributed by atoms with Gasteiger partial charge in [0.25, 0.3) is 0 Å². The zero-order chi connectivity index (χ0) is 14.7. The Morgan fingerprint density at radius 2 is 2.00 bits per heavy atom. The van der Waals surface area contributed by atoms with Gasteiger partial charge in [0.05, 0.1) is 10.0 Å². The number of nitrogens with one attached hydrogen (secondary N) is 1. The summed E-state index contributed by atoms with van der Waals surface area (Å²) in [6.07, 6.45) is 1.11. The molecule has 20 heavy (non-hydrogen) atoms. The predicted molar refractivity (Wildman–Crippen MR) is 73.3 cm³/mol. The Hall–Kier alpha value is -2.12. The molecule has 0 aliphatic carbocycles. The summed E-state index contributed by atoms with van der Waals surface area (Å²) in [7, 11) is 0. The van der Waals surface area contributed by atoms with Gasteiger partial charge >= 0.3 is 0 Å². The number of benzene rings is 1. The molecule has 6 nitrogen and oxygen atoms in total. The Labute approximate surface area is 123 Å². The molecule has 0 fully saturated rings. The molecule has 3 N–H and O–H groups in total. The summed E-state index contributed by atoms with van der Waals surface area (Å²) < 4.78 is 14.3. The standard InChI is InChI=1S/C11H7Cl2FN6/c12-6-2-1-5(3-7(6)13)9-8(14)10(18-4-17-9)11(15)19-20-16/h1-4H,(H3,15,16,19). The number of aromatic nitrogens is 2. The lowest BCUT2D eigenvalue weighted by molar-refractivity contribution is 0.614. The Kier molecular flexibility index (Phi) is 4.21. The molecule has 0 aliphatic heterocycles. The normalized spacial score (nSPS) is 10.9. The minimum absolute atomic E-state index is 0.0226. The number of hydrogen-bond donors (Lipinski definition) is 2. The molecular weight excluding hydrogens is 306 g/mol. The van der Waals surface area contributed by atoms with E-state index in [1.54, 1.807) is 6.07 Å². The van der Waals surface area contributed by atoms with Gasteiger partial charge in [-0.25, -0.2) is 14.4 Å². The summed E-state index contributed by atoms with van der Waals surface area (Å²) in [6, 6.07) is 4.54. The lowest BCUT2D eigenvalue weighted by Gasteiger charge is -2.06. The lowest BCUT2D eigenvalue weighted by atomic mass is 10.1. The van der Waals surface area contributed by atoms with Gasteiger partial charge in [-0.05, 0) is 12.1 Å². The first-order chi connectivity index (χ1) is 9.54. The van der Waals surface area contributed by atoms with Crippen molar-refractivity contribution in [3.63, 3.8) is 0 Å². The Morgan fingerprint density at radius 3 is 2.65 bits per heavy atom. The van der Waals surface area contributed by atoms with E-state index in [4.69, 9.17) is 34.5 Å². The summed E-state index contributed by atoms with van der Waals surface area (Å²) in [4.78, 5) is 7.48. The fourth-order valence-corrected chi connectivity index (χ4v) is 1.78. The number of amidine groups is 1. The van der Waals surface area contributed by atoms with Crippen molar-refractivity contribution >= 4 is 29.0 Å². The molecule has 0 saturated heterocycles. The van der Waals surface area contributed by atoms with Crippen LogP contribution in [-0.2, 0) is 0 Å². The smallest absolute Gasteiger partial charge is 0.197 e. The van der Waals surface area contributed by atoms with Crippen LogP contribution in [0.1, 0.15) is 5.69 Å². The second-order valence-electron chi connectivity index (χ2n) is 3.58. The zero-order valence-electron chi connectivity index (χ0n) is 9.81. The van der Waals surface area contributed by atoms with Crippen molar-refractivity contribution in [1.82, 2.24) is 9.97 Å². The molecule has 0 bridgehead atoms. The molecule has 1 heterocycles. The second-order valence-corrected chi connectivity index (χ2v) is 4.39. The predicted octanol–water partition coefficient (Wildman–Crippen LogP) is 3.24. The Morgan fingerprint density at radius 1 is 1.25 bits per heavy atom. The van der Waals surface area contributed by atoms with Crippen LogP contribution in [-0.4, -0.2) is 15.8 Å². The van der Waals surface area contributed by atoms with Gasteiger partial charge in [-0.15, -0.1) is 5.11 Å². The SMILES string of the molecule is N=C(N=NN)c1ncnc(-c2ccc(Cl)c(Cl)c2)c1F. The Bertz CT molecular complexity index is 703. The van der Waals surface area contributed by atoms with E-state index in [1.165, 1.54) is 12.1 Å². The quantitative estimate of drug-likeness (QED) is 0.292. The fourth-order valence-electron chi connectivity index (χ4n) is 1.48. The number of rotatable bonds is 2. The van der Waals surface area contributed by atoms with E-state index in [0.29, 0.717) is 10.6 Å². The highest BCUT2D eigenvalue weighted by atomic mass is 35.5.